The maximum Gasteiger partial charge on any atom is 0.253 e. The van der Waals surface area contributed by atoms with Crippen molar-refractivity contribution in [2.45, 2.75) is 30.8 Å². The summed E-state index contributed by atoms with van der Waals surface area (Å²) in [7, 11) is -3.45. The number of hydrogen-bond acceptors (Lipinski definition) is 5. The standard InChI is InChI=1S/C19H24N2O4S2/c1-15(2)25-14-16-5-7-17(8-6-16)19(22)20-9-11-21(12-10-20)27(23,24)18-4-3-13-26-18/h3-8,13,15H,9-12,14H2,1-2H3. The van der Waals surface area contributed by atoms with Gasteiger partial charge in [-0.05, 0) is 43.0 Å². The normalized spacial score (nSPS) is 16.0. The van der Waals surface area contributed by atoms with Gasteiger partial charge in [0.2, 0.25) is 0 Å². The van der Waals surface area contributed by atoms with Crippen molar-refractivity contribution in [1.29, 1.82) is 0 Å². The van der Waals surface area contributed by atoms with E-state index in [0.717, 1.165) is 5.56 Å². The fourth-order valence-electron chi connectivity index (χ4n) is 2.86. The van der Waals surface area contributed by atoms with Gasteiger partial charge >= 0.3 is 0 Å². The third-order valence-corrected chi connectivity index (χ3v) is 7.67. The molecule has 1 saturated heterocycles. The second kappa shape index (κ2) is 8.52. The van der Waals surface area contributed by atoms with E-state index in [2.05, 4.69) is 0 Å². The molecule has 0 radical (unpaired) electrons. The first kappa shape index (κ1) is 20.0. The van der Waals surface area contributed by atoms with E-state index in [4.69, 9.17) is 4.74 Å². The average Bonchev–Trinajstić information content (AvgIpc) is 3.22. The third-order valence-electron chi connectivity index (χ3n) is 4.40. The summed E-state index contributed by atoms with van der Waals surface area (Å²) in [6.07, 6.45) is 0.160. The largest absolute Gasteiger partial charge is 0.374 e. The maximum atomic E-state index is 12.7. The minimum absolute atomic E-state index is 0.0699. The monoisotopic (exact) mass is 408 g/mol. The van der Waals surface area contributed by atoms with Crippen molar-refractivity contribution >= 4 is 27.3 Å². The van der Waals surface area contributed by atoms with Crippen LogP contribution in [-0.4, -0.2) is 55.8 Å². The molecule has 1 aromatic heterocycles. The zero-order valence-electron chi connectivity index (χ0n) is 15.5. The summed E-state index contributed by atoms with van der Waals surface area (Å²) in [5, 5.41) is 1.75. The molecule has 0 atom stereocenters. The number of ether oxygens (including phenoxy) is 1. The topological polar surface area (TPSA) is 66.9 Å². The van der Waals surface area contributed by atoms with Crippen molar-refractivity contribution in [3.8, 4) is 0 Å². The predicted octanol–water partition coefficient (Wildman–Crippen LogP) is 2.82. The van der Waals surface area contributed by atoms with Crippen LogP contribution in [0.2, 0.25) is 0 Å². The van der Waals surface area contributed by atoms with Crippen LogP contribution in [0.15, 0.2) is 46.0 Å². The highest BCUT2D eigenvalue weighted by atomic mass is 32.2. The van der Waals surface area contributed by atoms with Crippen LogP contribution in [0.1, 0.15) is 29.8 Å². The molecule has 0 aliphatic carbocycles. The molecule has 2 heterocycles. The van der Waals surface area contributed by atoms with Crippen LogP contribution in [0.5, 0.6) is 0 Å². The summed E-state index contributed by atoms with van der Waals surface area (Å²) in [4.78, 5) is 14.4. The number of nitrogens with zero attached hydrogens (tertiary/aromatic N) is 2. The van der Waals surface area contributed by atoms with Crippen molar-refractivity contribution in [2.75, 3.05) is 26.2 Å². The van der Waals surface area contributed by atoms with Gasteiger partial charge in [0, 0.05) is 31.7 Å². The lowest BCUT2D eigenvalue weighted by atomic mass is 10.1. The van der Waals surface area contributed by atoms with Crippen molar-refractivity contribution in [1.82, 2.24) is 9.21 Å². The molecule has 0 N–H and O–H groups in total. The van der Waals surface area contributed by atoms with E-state index in [9.17, 15) is 13.2 Å². The van der Waals surface area contributed by atoms with E-state index in [1.807, 2.05) is 26.0 Å². The molecule has 1 aromatic carbocycles. The van der Waals surface area contributed by atoms with Crippen molar-refractivity contribution in [3.63, 3.8) is 0 Å². The molecule has 1 aliphatic heterocycles. The van der Waals surface area contributed by atoms with E-state index in [-0.39, 0.29) is 12.0 Å². The van der Waals surface area contributed by atoms with E-state index in [1.165, 1.54) is 15.6 Å². The highest BCUT2D eigenvalue weighted by Crippen LogP contribution is 2.22. The number of amides is 1. The van der Waals surface area contributed by atoms with Gasteiger partial charge in [-0.3, -0.25) is 4.79 Å². The molecule has 0 unspecified atom stereocenters. The average molecular weight is 409 g/mol. The molecule has 6 nitrogen and oxygen atoms in total. The Morgan fingerprint density at radius 3 is 2.33 bits per heavy atom. The molecule has 146 valence electrons. The molecule has 0 spiro atoms. The quantitative estimate of drug-likeness (QED) is 0.737. The number of thiophene rings is 1. The molecular weight excluding hydrogens is 384 g/mol. The zero-order valence-corrected chi connectivity index (χ0v) is 17.1. The maximum absolute atomic E-state index is 12.7. The molecule has 1 aliphatic rings. The van der Waals surface area contributed by atoms with Gasteiger partial charge in [0.15, 0.2) is 0 Å². The summed E-state index contributed by atoms with van der Waals surface area (Å²) in [6.45, 7) is 5.89. The molecule has 8 heteroatoms. The fraction of sp³-hybridized carbons (Fsp3) is 0.421. The first-order chi connectivity index (χ1) is 12.9. The Balaban J connectivity index is 1.58. The second-order valence-corrected chi connectivity index (χ2v) is 9.80. The molecular formula is C19H24N2O4S2. The predicted molar refractivity (Wildman–Crippen MR) is 105 cm³/mol. The molecule has 0 saturated carbocycles. The number of hydrogen-bond donors (Lipinski definition) is 0. The molecule has 27 heavy (non-hydrogen) atoms. The van der Waals surface area contributed by atoms with Gasteiger partial charge in [0.05, 0.1) is 12.7 Å². The minimum atomic E-state index is -3.45. The van der Waals surface area contributed by atoms with E-state index >= 15 is 0 Å². The van der Waals surface area contributed by atoms with Crippen LogP contribution in [0.4, 0.5) is 0 Å². The summed E-state index contributed by atoms with van der Waals surface area (Å²) < 4.78 is 32.5. The van der Waals surface area contributed by atoms with E-state index in [1.54, 1.807) is 34.5 Å². The Bertz CT molecular complexity index is 854. The lowest BCUT2D eigenvalue weighted by molar-refractivity contribution is 0.0654. The van der Waals surface area contributed by atoms with Gasteiger partial charge in [0.1, 0.15) is 4.21 Å². The van der Waals surface area contributed by atoms with Crippen molar-refractivity contribution in [2.24, 2.45) is 0 Å². The summed E-state index contributed by atoms with van der Waals surface area (Å²) >= 11 is 1.21. The first-order valence-electron chi connectivity index (χ1n) is 8.91. The number of rotatable bonds is 6. The van der Waals surface area contributed by atoms with Crippen molar-refractivity contribution < 1.29 is 17.9 Å². The van der Waals surface area contributed by atoms with Crippen LogP contribution >= 0.6 is 11.3 Å². The number of piperazine rings is 1. The molecule has 0 bridgehead atoms. The van der Waals surface area contributed by atoms with E-state index in [0.29, 0.717) is 42.6 Å². The number of sulfonamides is 1. The summed E-state index contributed by atoms with van der Waals surface area (Å²) in [5.41, 5.74) is 1.63. The number of carbonyl (C=O) groups excluding carboxylic acids is 1. The van der Waals surface area contributed by atoms with Crippen molar-refractivity contribution in [3.05, 3.63) is 52.9 Å². The van der Waals surface area contributed by atoms with Crippen LogP contribution in [0, 0.1) is 0 Å². The molecule has 3 rings (SSSR count). The first-order valence-corrected chi connectivity index (χ1v) is 11.2. The van der Waals surface area contributed by atoms with Crippen LogP contribution in [-0.2, 0) is 21.4 Å². The lowest BCUT2D eigenvalue weighted by Gasteiger charge is -2.33. The fourth-order valence-corrected chi connectivity index (χ4v) is 5.42. The van der Waals surface area contributed by atoms with Crippen LogP contribution < -0.4 is 0 Å². The Kier molecular flexibility index (Phi) is 6.31. The Hall–Kier alpha value is -1.74. The van der Waals surface area contributed by atoms with E-state index < -0.39 is 10.0 Å². The highest BCUT2D eigenvalue weighted by molar-refractivity contribution is 7.91. The Morgan fingerprint density at radius 1 is 1.11 bits per heavy atom. The van der Waals surface area contributed by atoms with Gasteiger partial charge in [-0.15, -0.1) is 11.3 Å². The van der Waals surface area contributed by atoms with Gasteiger partial charge in [-0.25, -0.2) is 8.42 Å². The molecule has 1 amide bonds. The summed E-state index contributed by atoms with van der Waals surface area (Å²) in [6, 6.07) is 10.7. The van der Waals surface area contributed by atoms with Gasteiger partial charge in [-0.1, -0.05) is 18.2 Å². The third kappa shape index (κ3) is 4.76. The molecule has 2 aromatic rings. The van der Waals surface area contributed by atoms with Gasteiger partial charge in [-0.2, -0.15) is 4.31 Å². The summed E-state index contributed by atoms with van der Waals surface area (Å²) in [5.74, 6) is -0.0699. The zero-order chi connectivity index (χ0) is 19.4. The highest BCUT2D eigenvalue weighted by Gasteiger charge is 2.30. The van der Waals surface area contributed by atoms with Gasteiger partial charge in [0.25, 0.3) is 15.9 Å². The molecule has 1 fully saturated rings. The Labute approximate surface area is 164 Å². The lowest BCUT2D eigenvalue weighted by Crippen LogP contribution is -2.50. The second-order valence-electron chi connectivity index (χ2n) is 6.69. The minimum Gasteiger partial charge on any atom is -0.374 e. The van der Waals surface area contributed by atoms with Crippen LogP contribution in [0.25, 0.3) is 0 Å². The Morgan fingerprint density at radius 2 is 1.78 bits per heavy atom. The van der Waals surface area contributed by atoms with Gasteiger partial charge < -0.3 is 9.64 Å². The van der Waals surface area contributed by atoms with Crippen LogP contribution in [0.3, 0.4) is 0 Å². The number of carbonyl (C=O) groups is 1. The number of benzene rings is 1. The SMILES string of the molecule is CC(C)OCc1ccc(C(=O)N2CCN(S(=O)(=O)c3cccs3)CC2)cc1. The smallest absolute Gasteiger partial charge is 0.253 e.